The minimum absolute atomic E-state index is 0.0766. The van der Waals surface area contributed by atoms with Crippen LogP contribution < -0.4 is 10.6 Å². The summed E-state index contributed by atoms with van der Waals surface area (Å²) in [7, 11) is 0. The molecule has 2 aliphatic carbocycles. The average molecular weight is 497 g/mol. The van der Waals surface area contributed by atoms with Crippen LogP contribution in [0.4, 0.5) is 4.79 Å². The fourth-order valence-electron chi connectivity index (χ4n) is 5.01. The van der Waals surface area contributed by atoms with Crippen LogP contribution in [-0.4, -0.2) is 53.3 Å². The van der Waals surface area contributed by atoms with Crippen molar-refractivity contribution in [2.45, 2.75) is 50.6 Å². The van der Waals surface area contributed by atoms with Gasteiger partial charge in [-0.2, -0.15) is 0 Å². The first-order chi connectivity index (χ1) is 16.9. The molecule has 1 saturated carbocycles. The van der Waals surface area contributed by atoms with Crippen LogP contribution in [0, 0.1) is 5.92 Å². The van der Waals surface area contributed by atoms with E-state index in [4.69, 9.17) is 4.74 Å². The first kappa shape index (κ1) is 25.1. The maximum Gasteiger partial charge on any atom is 0.407 e. The molecule has 35 heavy (non-hydrogen) atoms. The molecule has 2 amide bonds. The van der Waals surface area contributed by atoms with E-state index in [1.165, 1.54) is 18.2 Å². The highest BCUT2D eigenvalue weighted by Gasteiger charge is 2.30. The van der Waals surface area contributed by atoms with Crippen LogP contribution in [0.1, 0.15) is 49.7 Å². The van der Waals surface area contributed by atoms with E-state index in [9.17, 15) is 19.5 Å². The Morgan fingerprint density at radius 3 is 2.29 bits per heavy atom. The van der Waals surface area contributed by atoms with Crippen molar-refractivity contribution >= 4 is 29.7 Å². The molecule has 2 aromatic carbocycles. The lowest BCUT2D eigenvalue weighted by Crippen LogP contribution is -2.44. The van der Waals surface area contributed by atoms with E-state index in [0.29, 0.717) is 5.92 Å². The van der Waals surface area contributed by atoms with E-state index in [-0.39, 0.29) is 36.0 Å². The Hall–Kier alpha value is -3.00. The summed E-state index contributed by atoms with van der Waals surface area (Å²) in [6, 6.07) is 15.1. The number of thioether (sulfide) groups is 1. The van der Waals surface area contributed by atoms with Crippen molar-refractivity contribution in [3.05, 3.63) is 59.7 Å². The topological polar surface area (TPSA) is 105 Å². The Labute approximate surface area is 210 Å². The first-order valence-corrected chi connectivity index (χ1v) is 13.3. The molecule has 8 heteroatoms. The molecule has 1 fully saturated rings. The predicted octanol–water partition coefficient (Wildman–Crippen LogP) is 4.41. The van der Waals surface area contributed by atoms with Crippen LogP contribution in [0.5, 0.6) is 0 Å². The lowest BCUT2D eigenvalue weighted by atomic mass is 9.86. The summed E-state index contributed by atoms with van der Waals surface area (Å²) >= 11 is 1.19. The van der Waals surface area contributed by atoms with Crippen LogP contribution in [-0.2, 0) is 14.3 Å². The molecule has 4 rings (SSSR count). The number of aliphatic carboxylic acids is 1. The van der Waals surface area contributed by atoms with Crippen molar-refractivity contribution in [2.24, 2.45) is 5.92 Å². The van der Waals surface area contributed by atoms with Crippen molar-refractivity contribution in [2.75, 3.05) is 18.1 Å². The summed E-state index contributed by atoms with van der Waals surface area (Å²) in [6.45, 7) is 2.26. The maximum absolute atomic E-state index is 12.4. The number of ether oxygens (including phenoxy) is 1. The number of carboxylic acid groups (broad SMARTS) is 1. The van der Waals surface area contributed by atoms with Gasteiger partial charge in [-0.1, -0.05) is 68.3 Å². The number of rotatable bonds is 9. The number of carbonyl (C=O) groups is 3. The van der Waals surface area contributed by atoms with Crippen LogP contribution in [0.15, 0.2) is 48.5 Å². The molecule has 3 N–H and O–H groups in total. The van der Waals surface area contributed by atoms with Gasteiger partial charge in [-0.3, -0.25) is 4.79 Å². The van der Waals surface area contributed by atoms with Crippen molar-refractivity contribution in [3.8, 4) is 11.1 Å². The standard InChI is InChI=1S/C27H32N2O5S/c1-17-8-2-7-13-23(17)28-25(30)16-35-15-24(26(31)32)29-27(33)34-14-22-20-11-5-3-9-18(20)19-10-4-6-12-21(19)22/h3-6,9-12,17,22-24H,2,7-8,13-16H2,1H3,(H,28,30)(H,29,33)(H,31,32). The lowest BCUT2D eigenvalue weighted by Gasteiger charge is -2.29. The summed E-state index contributed by atoms with van der Waals surface area (Å²) in [5.41, 5.74) is 4.42. The van der Waals surface area contributed by atoms with Gasteiger partial charge >= 0.3 is 12.1 Å². The first-order valence-electron chi connectivity index (χ1n) is 12.2. The predicted molar refractivity (Wildman–Crippen MR) is 137 cm³/mol. The summed E-state index contributed by atoms with van der Waals surface area (Å²) in [4.78, 5) is 36.4. The fourth-order valence-corrected chi connectivity index (χ4v) is 5.85. The van der Waals surface area contributed by atoms with Crippen molar-refractivity contribution in [3.63, 3.8) is 0 Å². The molecule has 0 aromatic heterocycles. The number of nitrogens with one attached hydrogen (secondary N) is 2. The molecular formula is C27H32N2O5S. The highest BCUT2D eigenvalue weighted by molar-refractivity contribution is 8.00. The maximum atomic E-state index is 12.4. The normalized spacial score (nSPS) is 19.8. The molecule has 0 bridgehead atoms. The number of hydrogen-bond donors (Lipinski definition) is 3. The Kier molecular flexibility index (Phi) is 8.33. The Morgan fingerprint density at radius 1 is 1.03 bits per heavy atom. The van der Waals surface area contributed by atoms with Gasteiger partial charge in [0.15, 0.2) is 0 Å². The number of alkyl carbamates (subject to hydrolysis) is 1. The van der Waals surface area contributed by atoms with Crippen molar-refractivity contribution in [1.29, 1.82) is 0 Å². The van der Waals surface area contributed by atoms with E-state index >= 15 is 0 Å². The van der Waals surface area contributed by atoms with Crippen LogP contribution in [0.2, 0.25) is 0 Å². The second kappa shape index (κ2) is 11.6. The van der Waals surface area contributed by atoms with Gasteiger partial charge in [-0.15, -0.1) is 11.8 Å². The lowest BCUT2D eigenvalue weighted by molar-refractivity contribution is -0.138. The number of carboxylic acids is 1. The smallest absolute Gasteiger partial charge is 0.407 e. The second-order valence-electron chi connectivity index (χ2n) is 9.31. The van der Waals surface area contributed by atoms with Gasteiger partial charge in [0.1, 0.15) is 12.6 Å². The third-order valence-electron chi connectivity index (χ3n) is 6.91. The van der Waals surface area contributed by atoms with Gasteiger partial charge < -0.3 is 20.5 Å². The molecule has 7 nitrogen and oxygen atoms in total. The van der Waals surface area contributed by atoms with E-state index < -0.39 is 18.1 Å². The quantitative estimate of drug-likeness (QED) is 0.475. The molecule has 3 atom stereocenters. The van der Waals surface area contributed by atoms with Crippen molar-refractivity contribution in [1.82, 2.24) is 10.6 Å². The summed E-state index contributed by atoms with van der Waals surface area (Å²) in [6.07, 6.45) is 3.64. The van der Waals surface area contributed by atoms with Gasteiger partial charge in [0.05, 0.1) is 5.75 Å². The molecular weight excluding hydrogens is 464 g/mol. The third kappa shape index (κ3) is 6.17. The van der Waals surface area contributed by atoms with Gasteiger partial charge in [0.2, 0.25) is 5.91 Å². The van der Waals surface area contributed by atoms with Gasteiger partial charge in [0.25, 0.3) is 0 Å². The highest BCUT2D eigenvalue weighted by atomic mass is 32.2. The molecule has 3 unspecified atom stereocenters. The molecule has 0 saturated heterocycles. The molecule has 2 aromatic rings. The Morgan fingerprint density at radius 2 is 1.66 bits per heavy atom. The summed E-state index contributed by atoms with van der Waals surface area (Å²) in [5, 5.41) is 15.0. The van der Waals surface area contributed by atoms with Gasteiger partial charge in [-0.25, -0.2) is 9.59 Å². The minimum Gasteiger partial charge on any atom is -0.480 e. The number of carbonyl (C=O) groups excluding carboxylic acids is 2. The van der Waals surface area contributed by atoms with Gasteiger partial charge in [0, 0.05) is 17.7 Å². The minimum atomic E-state index is -1.16. The second-order valence-corrected chi connectivity index (χ2v) is 10.3. The fraction of sp³-hybridized carbons (Fsp3) is 0.444. The number of benzene rings is 2. The zero-order valence-corrected chi connectivity index (χ0v) is 20.7. The Balaban J connectivity index is 1.26. The van der Waals surface area contributed by atoms with Gasteiger partial charge in [-0.05, 0) is 41.0 Å². The summed E-state index contributed by atoms with van der Waals surface area (Å²) < 4.78 is 5.46. The van der Waals surface area contributed by atoms with E-state index in [1.54, 1.807) is 0 Å². The van der Waals surface area contributed by atoms with Crippen LogP contribution in [0.3, 0.4) is 0 Å². The van der Waals surface area contributed by atoms with E-state index in [0.717, 1.165) is 41.5 Å². The molecule has 0 heterocycles. The zero-order valence-electron chi connectivity index (χ0n) is 19.9. The summed E-state index contributed by atoms with van der Waals surface area (Å²) in [5.74, 6) is -0.672. The average Bonchev–Trinajstić information content (AvgIpc) is 3.17. The largest absolute Gasteiger partial charge is 0.480 e. The number of amides is 2. The van der Waals surface area contributed by atoms with Crippen LogP contribution in [0.25, 0.3) is 11.1 Å². The Bertz CT molecular complexity index is 1030. The van der Waals surface area contributed by atoms with E-state index in [2.05, 4.69) is 29.7 Å². The molecule has 0 aliphatic heterocycles. The number of hydrogen-bond acceptors (Lipinski definition) is 5. The highest BCUT2D eigenvalue weighted by Crippen LogP contribution is 2.44. The van der Waals surface area contributed by atoms with Crippen molar-refractivity contribution < 1.29 is 24.2 Å². The molecule has 2 aliphatic rings. The zero-order chi connectivity index (χ0) is 24.8. The van der Waals surface area contributed by atoms with E-state index in [1.807, 2.05) is 36.4 Å². The molecule has 0 radical (unpaired) electrons. The number of fused-ring (bicyclic) bond motifs is 3. The SMILES string of the molecule is CC1CCCCC1NC(=O)CSCC(NC(=O)OCC1c2ccccc2-c2ccccc21)C(=O)O. The monoisotopic (exact) mass is 496 g/mol. The third-order valence-corrected chi connectivity index (χ3v) is 7.94. The molecule has 186 valence electrons. The van der Waals surface area contributed by atoms with Crippen LogP contribution >= 0.6 is 11.8 Å². The molecule has 0 spiro atoms.